The Bertz CT molecular complexity index is 1220. The largest absolute Gasteiger partial charge is 0.416 e. The Balaban J connectivity index is 1.93. The van der Waals surface area contributed by atoms with E-state index in [1.165, 1.54) is 36.4 Å². The minimum atomic E-state index is -4.59. The Kier molecular flexibility index (Phi) is 7.25. The highest BCUT2D eigenvalue weighted by Gasteiger charge is 2.30. The molecule has 0 unspecified atom stereocenters. The summed E-state index contributed by atoms with van der Waals surface area (Å²) in [7, 11) is 0. The molecule has 0 spiro atoms. The van der Waals surface area contributed by atoms with E-state index < -0.39 is 23.6 Å². The Labute approximate surface area is 200 Å². The molecule has 0 aliphatic rings. The van der Waals surface area contributed by atoms with Gasteiger partial charge in [0.15, 0.2) is 0 Å². The molecule has 2 N–H and O–H groups in total. The number of benzene rings is 3. The second-order valence-corrected chi connectivity index (χ2v) is 8.11. The maximum Gasteiger partial charge on any atom is 0.416 e. The summed E-state index contributed by atoms with van der Waals surface area (Å²) in [5.41, 5.74) is -1.26. The fourth-order valence-corrected chi connectivity index (χ4v) is 3.74. The van der Waals surface area contributed by atoms with Crippen LogP contribution in [0.1, 0.15) is 26.3 Å². The standard InChI is InChI=1S/C21H11Cl4F3N2O2/c22-11-4-5-14(16(24)8-11)19(31)30-18-15(7-12(23)9-17(18)25)20(32)29-13-3-1-2-10(6-13)21(26,27)28/h1-9H,(H,29,32)(H,30,31). The lowest BCUT2D eigenvalue weighted by atomic mass is 10.1. The van der Waals surface area contributed by atoms with Crippen LogP contribution in [0.15, 0.2) is 54.6 Å². The number of hydrogen-bond donors (Lipinski definition) is 2. The van der Waals surface area contributed by atoms with Gasteiger partial charge in [-0.15, -0.1) is 0 Å². The van der Waals surface area contributed by atoms with Crippen molar-refractivity contribution in [2.45, 2.75) is 6.18 Å². The third kappa shape index (κ3) is 5.66. The van der Waals surface area contributed by atoms with Crippen molar-refractivity contribution in [2.75, 3.05) is 10.6 Å². The van der Waals surface area contributed by atoms with Crippen LogP contribution in [-0.4, -0.2) is 11.8 Å². The summed E-state index contributed by atoms with van der Waals surface area (Å²) in [4.78, 5) is 25.5. The maximum atomic E-state index is 12.9. The quantitative estimate of drug-likeness (QED) is 0.367. The SMILES string of the molecule is O=C(Nc1c(Cl)cc(Cl)cc1C(=O)Nc1cccc(C(F)(F)F)c1)c1ccc(Cl)cc1Cl. The highest BCUT2D eigenvalue weighted by Crippen LogP contribution is 2.33. The van der Waals surface area contributed by atoms with E-state index in [1.54, 1.807) is 0 Å². The number of halogens is 7. The molecule has 0 heterocycles. The van der Waals surface area contributed by atoms with Crippen LogP contribution in [0.2, 0.25) is 20.1 Å². The molecule has 3 rings (SSSR count). The summed E-state index contributed by atoms with van der Waals surface area (Å²) in [5.74, 6) is -1.53. The molecule has 32 heavy (non-hydrogen) atoms. The third-order valence-electron chi connectivity index (χ3n) is 4.16. The zero-order valence-electron chi connectivity index (χ0n) is 15.7. The number of nitrogens with one attached hydrogen (secondary N) is 2. The van der Waals surface area contributed by atoms with Crippen LogP contribution < -0.4 is 10.6 Å². The number of anilines is 2. The molecule has 0 radical (unpaired) electrons. The van der Waals surface area contributed by atoms with Gasteiger partial charge < -0.3 is 10.6 Å². The zero-order chi connectivity index (χ0) is 23.6. The number of carbonyl (C=O) groups is 2. The van der Waals surface area contributed by atoms with E-state index in [0.29, 0.717) is 5.02 Å². The van der Waals surface area contributed by atoms with Crippen LogP contribution in [0.4, 0.5) is 24.5 Å². The van der Waals surface area contributed by atoms with Crippen LogP contribution in [0.25, 0.3) is 0 Å². The molecule has 4 nitrogen and oxygen atoms in total. The van der Waals surface area contributed by atoms with Gasteiger partial charge >= 0.3 is 6.18 Å². The lowest BCUT2D eigenvalue weighted by Crippen LogP contribution is -2.19. The second-order valence-electron chi connectivity index (χ2n) is 6.42. The molecular weight excluding hydrogens is 511 g/mol. The number of rotatable bonds is 4. The Hall–Kier alpha value is -2.45. The van der Waals surface area contributed by atoms with Crippen molar-refractivity contribution in [3.05, 3.63) is 91.4 Å². The van der Waals surface area contributed by atoms with E-state index in [4.69, 9.17) is 46.4 Å². The first-order valence-corrected chi connectivity index (χ1v) is 10.2. The fraction of sp³-hybridized carbons (Fsp3) is 0.0476. The van der Waals surface area contributed by atoms with Crippen molar-refractivity contribution in [1.82, 2.24) is 0 Å². The van der Waals surface area contributed by atoms with E-state index in [0.717, 1.165) is 18.2 Å². The predicted octanol–water partition coefficient (Wildman–Crippen LogP) is 7.82. The van der Waals surface area contributed by atoms with Crippen molar-refractivity contribution in [1.29, 1.82) is 0 Å². The lowest BCUT2D eigenvalue weighted by molar-refractivity contribution is -0.137. The van der Waals surface area contributed by atoms with E-state index in [9.17, 15) is 22.8 Å². The van der Waals surface area contributed by atoms with Gasteiger partial charge in [-0.1, -0.05) is 52.5 Å². The minimum Gasteiger partial charge on any atom is -0.322 e. The van der Waals surface area contributed by atoms with E-state index in [1.807, 2.05) is 0 Å². The molecule has 3 aromatic rings. The smallest absolute Gasteiger partial charge is 0.322 e. The first kappa shape index (κ1) is 24.2. The topological polar surface area (TPSA) is 58.2 Å². The molecule has 0 aromatic heterocycles. The van der Waals surface area contributed by atoms with Gasteiger partial charge in [-0.3, -0.25) is 9.59 Å². The maximum absolute atomic E-state index is 12.9. The Morgan fingerprint density at radius 1 is 0.719 bits per heavy atom. The molecule has 166 valence electrons. The van der Waals surface area contributed by atoms with Crippen molar-refractivity contribution in [3.8, 4) is 0 Å². The molecule has 0 aliphatic heterocycles. The van der Waals surface area contributed by atoms with Crippen LogP contribution in [0.3, 0.4) is 0 Å². The summed E-state index contributed by atoms with van der Waals surface area (Å²) in [5, 5.41) is 5.23. The predicted molar refractivity (Wildman–Crippen MR) is 120 cm³/mol. The van der Waals surface area contributed by atoms with Gasteiger partial charge in [0.25, 0.3) is 11.8 Å². The molecule has 0 atom stereocenters. The molecule has 0 bridgehead atoms. The first-order valence-electron chi connectivity index (χ1n) is 8.70. The zero-order valence-corrected chi connectivity index (χ0v) is 18.7. The van der Waals surface area contributed by atoms with Gasteiger partial charge in [0, 0.05) is 15.7 Å². The van der Waals surface area contributed by atoms with Crippen LogP contribution in [0, 0.1) is 0 Å². The van der Waals surface area contributed by atoms with Crippen LogP contribution in [-0.2, 0) is 6.18 Å². The highest BCUT2D eigenvalue weighted by molar-refractivity contribution is 6.39. The van der Waals surface area contributed by atoms with E-state index >= 15 is 0 Å². The van der Waals surface area contributed by atoms with Crippen LogP contribution >= 0.6 is 46.4 Å². The Morgan fingerprint density at radius 3 is 2.03 bits per heavy atom. The molecule has 2 amide bonds. The van der Waals surface area contributed by atoms with Gasteiger partial charge in [0.2, 0.25) is 0 Å². The third-order valence-corrected chi connectivity index (χ3v) is 5.23. The summed E-state index contributed by atoms with van der Waals surface area (Å²) < 4.78 is 38.8. The van der Waals surface area contributed by atoms with Gasteiger partial charge in [-0.25, -0.2) is 0 Å². The number of alkyl halides is 3. The van der Waals surface area contributed by atoms with E-state index in [2.05, 4.69) is 10.6 Å². The van der Waals surface area contributed by atoms with Crippen molar-refractivity contribution < 1.29 is 22.8 Å². The molecule has 3 aromatic carbocycles. The molecule has 0 aliphatic carbocycles. The number of amides is 2. The highest BCUT2D eigenvalue weighted by atomic mass is 35.5. The monoisotopic (exact) mass is 520 g/mol. The molecule has 0 fully saturated rings. The average molecular weight is 522 g/mol. The summed E-state index contributed by atoms with van der Waals surface area (Å²) in [6.07, 6.45) is -4.59. The average Bonchev–Trinajstić information content (AvgIpc) is 2.69. The van der Waals surface area contributed by atoms with Gasteiger partial charge in [-0.05, 0) is 48.5 Å². The summed E-state index contributed by atoms with van der Waals surface area (Å²) in [6.45, 7) is 0. The fourth-order valence-electron chi connectivity index (χ4n) is 2.71. The number of hydrogen-bond acceptors (Lipinski definition) is 2. The summed E-state index contributed by atoms with van der Waals surface area (Å²) in [6, 6.07) is 10.8. The molecule has 11 heteroatoms. The van der Waals surface area contributed by atoms with E-state index in [-0.39, 0.29) is 37.6 Å². The van der Waals surface area contributed by atoms with Crippen molar-refractivity contribution >= 4 is 69.6 Å². The molecular formula is C21H11Cl4F3N2O2. The second kappa shape index (κ2) is 9.58. The molecule has 0 saturated carbocycles. The van der Waals surface area contributed by atoms with Gasteiger partial charge in [0.1, 0.15) is 0 Å². The number of carbonyl (C=O) groups excluding carboxylic acids is 2. The van der Waals surface area contributed by atoms with Gasteiger partial charge in [-0.2, -0.15) is 13.2 Å². The molecule has 0 saturated heterocycles. The minimum absolute atomic E-state index is 0.0614. The normalized spacial score (nSPS) is 11.2. The van der Waals surface area contributed by atoms with Crippen LogP contribution in [0.5, 0.6) is 0 Å². The van der Waals surface area contributed by atoms with Crippen molar-refractivity contribution in [2.24, 2.45) is 0 Å². The summed E-state index contributed by atoms with van der Waals surface area (Å²) >= 11 is 24.0. The van der Waals surface area contributed by atoms with Gasteiger partial charge in [0.05, 0.1) is 32.4 Å². The first-order chi connectivity index (χ1) is 15.0. The Morgan fingerprint density at radius 2 is 1.38 bits per heavy atom. The lowest BCUT2D eigenvalue weighted by Gasteiger charge is -2.15. The van der Waals surface area contributed by atoms with Crippen molar-refractivity contribution in [3.63, 3.8) is 0 Å².